The first-order valence-corrected chi connectivity index (χ1v) is 17.7. The fourth-order valence-corrected chi connectivity index (χ4v) is 9.87. The summed E-state index contributed by atoms with van der Waals surface area (Å²) in [5.74, 6) is -0.0259. The second-order valence-corrected chi connectivity index (χ2v) is 16.8. The van der Waals surface area contributed by atoms with E-state index < -0.39 is 20.0 Å². The number of aliphatic hydroxyl groups is 1. The maximum absolute atomic E-state index is 14.5. The van der Waals surface area contributed by atoms with E-state index in [1.807, 2.05) is 62.5 Å². The molecule has 2 saturated heterocycles. The number of carbonyl (C=O) groups is 2. The third-order valence-electron chi connectivity index (χ3n) is 8.73. The largest absolute Gasteiger partial charge is 0.497 e. The van der Waals surface area contributed by atoms with Crippen LogP contribution in [-0.4, -0.2) is 67.3 Å². The summed E-state index contributed by atoms with van der Waals surface area (Å²) >= 11 is 2.26. The predicted molar refractivity (Wildman–Crippen MR) is 159 cm³/mol. The van der Waals surface area contributed by atoms with Crippen molar-refractivity contribution in [3.05, 3.63) is 57.2 Å². The van der Waals surface area contributed by atoms with E-state index in [1.54, 1.807) is 16.9 Å². The van der Waals surface area contributed by atoms with Crippen LogP contribution in [0.2, 0.25) is 18.6 Å². The van der Waals surface area contributed by atoms with Crippen LogP contribution in [0.25, 0.3) is 0 Å². The first kappa shape index (κ1) is 28.5. The Morgan fingerprint density at radius 3 is 2.59 bits per heavy atom. The maximum atomic E-state index is 14.5. The number of hydrogen-bond acceptors (Lipinski definition) is 6. The Morgan fingerprint density at radius 2 is 1.95 bits per heavy atom. The lowest BCUT2D eigenvalue weighted by atomic mass is 9.82. The summed E-state index contributed by atoms with van der Waals surface area (Å²) in [5.41, 5.74) is 0.791. The van der Waals surface area contributed by atoms with E-state index in [1.165, 1.54) is 0 Å². The highest BCUT2D eigenvalue weighted by atomic mass is 127. The molecule has 0 saturated carbocycles. The van der Waals surface area contributed by atoms with Crippen molar-refractivity contribution in [2.45, 2.75) is 69.1 Å². The molecular weight excluding hydrogens is 627 g/mol. The summed E-state index contributed by atoms with van der Waals surface area (Å²) in [7, 11) is -1.31. The zero-order chi connectivity index (χ0) is 28.1. The molecule has 0 unspecified atom stereocenters. The first-order chi connectivity index (χ1) is 18.5. The van der Waals surface area contributed by atoms with E-state index in [4.69, 9.17) is 9.47 Å². The Kier molecular flexibility index (Phi) is 7.88. The van der Waals surface area contributed by atoms with Crippen molar-refractivity contribution in [1.29, 1.82) is 0 Å². The van der Waals surface area contributed by atoms with Crippen molar-refractivity contribution in [2.75, 3.05) is 25.2 Å². The van der Waals surface area contributed by atoms with Crippen LogP contribution in [0.15, 0.2) is 42.5 Å². The molecule has 1 spiro atoms. The van der Waals surface area contributed by atoms with E-state index in [2.05, 4.69) is 22.6 Å². The van der Waals surface area contributed by atoms with Crippen molar-refractivity contribution < 1.29 is 29.0 Å². The zero-order valence-electron chi connectivity index (χ0n) is 22.9. The van der Waals surface area contributed by atoms with Gasteiger partial charge in [-0.25, -0.2) is 0 Å². The molecule has 2 aromatic rings. The monoisotopic (exact) mass is 664 g/mol. The van der Waals surface area contributed by atoms with Gasteiger partial charge >= 0.3 is 0 Å². The SMILES string of the molecule is COc1ccc2c(c1)[C@@]1(O[C@H](CC(=O)N3CCC[C@H]3CO)[C@@H]([Si](C)(C)O)[C@@H]1C)C(=O)N2Cc1ccc(I)cc1. The second kappa shape index (κ2) is 10.8. The van der Waals surface area contributed by atoms with Gasteiger partial charge in [-0.1, -0.05) is 19.1 Å². The number of carbonyl (C=O) groups excluding carboxylic acids is 2. The molecule has 39 heavy (non-hydrogen) atoms. The third kappa shape index (κ3) is 4.92. The summed E-state index contributed by atoms with van der Waals surface area (Å²) in [6, 6.07) is 13.5. The Balaban J connectivity index is 1.55. The molecule has 2 aromatic carbocycles. The number of aliphatic hydroxyl groups excluding tert-OH is 1. The summed E-state index contributed by atoms with van der Waals surface area (Å²) in [5, 5.41) is 9.77. The van der Waals surface area contributed by atoms with Crippen LogP contribution in [0.1, 0.15) is 37.3 Å². The average Bonchev–Trinajstić information content (AvgIpc) is 3.55. The Bertz CT molecular complexity index is 1250. The van der Waals surface area contributed by atoms with Gasteiger partial charge in [-0.2, -0.15) is 0 Å². The molecular formula is C29H37IN2O6Si. The summed E-state index contributed by atoms with van der Waals surface area (Å²) in [6.45, 7) is 6.60. The smallest absolute Gasteiger partial charge is 0.264 e. The molecule has 0 radical (unpaired) electrons. The van der Waals surface area contributed by atoms with E-state index in [9.17, 15) is 19.5 Å². The molecule has 0 aromatic heterocycles. The quantitative estimate of drug-likeness (QED) is 0.343. The van der Waals surface area contributed by atoms with Gasteiger partial charge in [0.25, 0.3) is 5.91 Å². The number of nitrogens with zero attached hydrogens (tertiary/aromatic N) is 2. The van der Waals surface area contributed by atoms with Crippen LogP contribution in [0.3, 0.4) is 0 Å². The summed E-state index contributed by atoms with van der Waals surface area (Å²) in [4.78, 5) is 42.9. The van der Waals surface area contributed by atoms with Crippen molar-refractivity contribution in [1.82, 2.24) is 4.90 Å². The number of benzene rings is 2. The van der Waals surface area contributed by atoms with E-state index in [-0.39, 0.29) is 42.3 Å². The number of methoxy groups -OCH3 is 1. The molecule has 0 aliphatic carbocycles. The van der Waals surface area contributed by atoms with E-state index >= 15 is 0 Å². The van der Waals surface area contributed by atoms with Gasteiger partial charge < -0.3 is 29.2 Å². The highest BCUT2D eigenvalue weighted by Crippen LogP contribution is 2.60. The molecule has 2 N–H and O–H groups in total. The zero-order valence-corrected chi connectivity index (χ0v) is 26.1. The summed E-state index contributed by atoms with van der Waals surface area (Å²) < 4.78 is 13.5. The van der Waals surface area contributed by atoms with Crippen LogP contribution in [-0.2, 0) is 26.5 Å². The Hall–Kier alpha value is -1.99. The third-order valence-corrected chi connectivity index (χ3v) is 12.0. The Labute approximate surface area is 244 Å². The van der Waals surface area contributed by atoms with Crippen LogP contribution < -0.4 is 9.64 Å². The van der Waals surface area contributed by atoms with Crippen LogP contribution in [0.5, 0.6) is 5.75 Å². The van der Waals surface area contributed by atoms with Gasteiger partial charge in [-0.3, -0.25) is 9.59 Å². The predicted octanol–water partition coefficient (Wildman–Crippen LogP) is 4.02. The van der Waals surface area contributed by atoms with Gasteiger partial charge in [-0.15, -0.1) is 0 Å². The number of fused-ring (bicyclic) bond motifs is 2. The fourth-order valence-electron chi connectivity index (χ4n) is 6.96. The number of amides is 2. The van der Waals surface area contributed by atoms with Gasteiger partial charge in [0.1, 0.15) is 5.75 Å². The number of ether oxygens (including phenoxy) is 2. The maximum Gasteiger partial charge on any atom is 0.264 e. The molecule has 5 atom stereocenters. The lowest BCUT2D eigenvalue weighted by Crippen LogP contribution is -2.46. The van der Waals surface area contributed by atoms with Gasteiger partial charge in [0.2, 0.25) is 5.91 Å². The van der Waals surface area contributed by atoms with Crippen molar-refractivity contribution >= 4 is 48.4 Å². The normalized spacial score (nSPS) is 28.4. The van der Waals surface area contributed by atoms with E-state index in [0.29, 0.717) is 18.8 Å². The van der Waals surface area contributed by atoms with Crippen molar-refractivity contribution in [2.24, 2.45) is 5.92 Å². The highest BCUT2D eigenvalue weighted by molar-refractivity contribution is 14.1. The molecule has 2 fully saturated rings. The minimum absolute atomic E-state index is 0.0634. The lowest BCUT2D eigenvalue weighted by molar-refractivity contribution is -0.150. The summed E-state index contributed by atoms with van der Waals surface area (Å²) in [6.07, 6.45) is 1.07. The van der Waals surface area contributed by atoms with Gasteiger partial charge in [0, 0.05) is 27.1 Å². The van der Waals surface area contributed by atoms with E-state index in [0.717, 1.165) is 33.2 Å². The minimum atomic E-state index is -2.90. The molecule has 3 heterocycles. The van der Waals surface area contributed by atoms with Crippen LogP contribution in [0, 0.1) is 9.49 Å². The Morgan fingerprint density at radius 1 is 1.23 bits per heavy atom. The number of anilines is 1. The molecule has 8 nitrogen and oxygen atoms in total. The second-order valence-electron chi connectivity index (χ2n) is 11.5. The number of hydrogen-bond donors (Lipinski definition) is 2. The standard InChI is InChI=1S/C29H37IN2O6Si/c1-18-27(39(3,4)36)25(15-26(34)31-13-5-6-21(31)17-33)38-29(18)23-14-22(37-2)11-12-24(23)32(28(29)35)16-19-7-9-20(30)10-8-19/h7-12,14,18,21,25,27,33,36H,5-6,13,15-17H2,1-4H3/t18-,21-,25+,27-,29+/m0/s1. The molecule has 3 aliphatic rings. The average molecular weight is 665 g/mol. The molecule has 5 rings (SSSR count). The molecule has 2 amide bonds. The van der Waals surface area contributed by atoms with Crippen LogP contribution >= 0.6 is 22.6 Å². The molecule has 0 bridgehead atoms. The number of rotatable bonds is 7. The van der Waals surface area contributed by atoms with Gasteiger partial charge in [0.15, 0.2) is 13.9 Å². The topological polar surface area (TPSA) is 99.5 Å². The molecule has 210 valence electrons. The van der Waals surface area contributed by atoms with Gasteiger partial charge in [0.05, 0.1) is 44.5 Å². The highest BCUT2D eigenvalue weighted by Gasteiger charge is 2.66. The minimum Gasteiger partial charge on any atom is -0.497 e. The number of likely N-dealkylation sites (tertiary alicyclic amines) is 1. The van der Waals surface area contributed by atoms with Crippen molar-refractivity contribution in [3.8, 4) is 5.75 Å². The molecule has 3 aliphatic heterocycles. The fraction of sp³-hybridized carbons (Fsp3) is 0.517. The van der Waals surface area contributed by atoms with Crippen molar-refractivity contribution in [3.63, 3.8) is 0 Å². The first-order valence-electron chi connectivity index (χ1n) is 13.6. The van der Waals surface area contributed by atoms with Gasteiger partial charge in [-0.05, 0) is 84.4 Å². The molecule has 10 heteroatoms. The number of halogens is 1. The lowest BCUT2D eigenvalue weighted by Gasteiger charge is -2.32. The van der Waals surface area contributed by atoms with Crippen LogP contribution in [0.4, 0.5) is 5.69 Å².